The van der Waals surface area contributed by atoms with Gasteiger partial charge in [0, 0.05) is 44.5 Å². The van der Waals surface area contributed by atoms with Gasteiger partial charge in [-0.3, -0.25) is 0 Å². The van der Waals surface area contributed by atoms with Gasteiger partial charge in [0.1, 0.15) is 0 Å². The molecule has 394 valence electrons. The van der Waals surface area contributed by atoms with Gasteiger partial charge in [-0.05, 0) is 109 Å². The minimum atomic E-state index is 0.581. The lowest BCUT2D eigenvalue weighted by Crippen LogP contribution is -2.01. The molecule has 0 atom stereocenters. The Kier molecular flexibility index (Phi) is 14.0. The van der Waals surface area contributed by atoms with Gasteiger partial charge in [-0.1, -0.05) is 291 Å². The monoisotopic (exact) mass is 1070 g/mol. The third-order valence-corrected chi connectivity index (χ3v) is 15.5. The third kappa shape index (κ3) is 10.6. The van der Waals surface area contributed by atoms with Gasteiger partial charge in [-0.15, -0.1) is 0 Å². The summed E-state index contributed by atoms with van der Waals surface area (Å²) < 4.78 is 0. The summed E-state index contributed by atoms with van der Waals surface area (Å²) in [6, 6.07) is 116. The van der Waals surface area contributed by atoms with Crippen molar-refractivity contribution in [3.8, 4) is 146 Å². The van der Waals surface area contributed by atoms with E-state index in [1.54, 1.807) is 0 Å². The summed E-state index contributed by atoms with van der Waals surface area (Å²) >= 11 is 0. The van der Waals surface area contributed by atoms with Crippen LogP contribution in [0.25, 0.3) is 146 Å². The fourth-order valence-corrected chi connectivity index (χ4v) is 11.4. The third-order valence-electron chi connectivity index (χ3n) is 15.5. The molecule has 84 heavy (non-hydrogen) atoms. The predicted octanol–water partition coefficient (Wildman–Crippen LogP) is 20.9. The van der Waals surface area contributed by atoms with Crippen molar-refractivity contribution in [2.45, 2.75) is 0 Å². The lowest BCUT2D eigenvalue weighted by atomic mass is 9.83. The standard InChI is InChI=1S/C80H54N4/c1-9-25-55(26-10-1)67-49-68(56-27-11-2-12-28-56)52-71(51-67)79-82-78(83-80(84-79)72-53-69(57-29-13-3-14-30-57)50-70(54-72)58-31-15-4-16-32-58)66-47-43-60(44-48-66)59-41-45-63(46-42-59)73-74(61-33-17-5-18-34-61)76(64-37-21-7-22-38-64)81-77(65-39-23-8-24-40-65)75(73)62-35-19-6-20-36-62/h1-54H. The summed E-state index contributed by atoms with van der Waals surface area (Å²) in [6.07, 6.45) is 0. The maximum absolute atomic E-state index is 5.65. The van der Waals surface area contributed by atoms with E-state index in [0.29, 0.717) is 17.5 Å². The molecule has 4 nitrogen and oxygen atoms in total. The van der Waals surface area contributed by atoms with Crippen molar-refractivity contribution < 1.29 is 0 Å². The van der Waals surface area contributed by atoms with Crippen LogP contribution in [0.3, 0.4) is 0 Å². The van der Waals surface area contributed by atoms with Crippen molar-refractivity contribution in [2.24, 2.45) is 0 Å². The smallest absolute Gasteiger partial charge is 0.164 e. The fourth-order valence-electron chi connectivity index (χ4n) is 11.4. The number of rotatable bonds is 13. The first-order chi connectivity index (χ1) is 41.6. The highest BCUT2D eigenvalue weighted by atomic mass is 15.0. The summed E-state index contributed by atoms with van der Waals surface area (Å²) in [5.74, 6) is 1.75. The molecule has 0 bridgehead atoms. The highest BCUT2D eigenvalue weighted by Crippen LogP contribution is 2.49. The van der Waals surface area contributed by atoms with Crippen molar-refractivity contribution >= 4 is 0 Å². The first-order valence-corrected chi connectivity index (χ1v) is 28.4. The van der Waals surface area contributed by atoms with Crippen LogP contribution in [0.5, 0.6) is 0 Å². The topological polar surface area (TPSA) is 51.6 Å². The Morgan fingerprint density at radius 3 is 0.631 bits per heavy atom. The molecule has 0 unspecified atom stereocenters. The molecule has 0 aliphatic heterocycles. The molecular weight excluding hydrogens is 1020 g/mol. The normalized spacial score (nSPS) is 11.1. The van der Waals surface area contributed by atoms with Crippen LogP contribution in [0.15, 0.2) is 328 Å². The Morgan fingerprint density at radius 1 is 0.131 bits per heavy atom. The van der Waals surface area contributed by atoms with E-state index in [2.05, 4.69) is 328 Å². The average Bonchev–Trinajstić information content (AvgIpc) is 3.70. The van der Waals surface area contributed by atoms with E-state index < -0.39 is 0 Å². The average molecular weight is 1070 g/mol. The lowest BCUT2D eigenvalue weighted by molar-refractivity contribution is 1.07. The molecule has 0 N–H and O–H groups in total. The van der Waals surface area contributed by atoms with Crippen LogP contribution < -0.4 is 0 Å². The second kappa shape index (κ2) is 23.1. The van der Waals surface area contributed by atoms with Gasteiger partial charge in [0.2, 0.25) is 0 Å². The molecule has 2 aromatic heterocycles. The van der Waals surface area contributed by atoms with E-state index >= 15 is 0 Å². The molecule has 0 aliphatic carbocycles. The largest absolute Gasteiger partial charge is 0.246 e. The van der Waals surface area contributed by atoms with Crippen molar-refractivity contribution in [1.82, 2.24) is 19.9 Å². The SMILES string of the molecule is c1ccc(-c2cc(-c3ccccc3)cc(-c3nc(-c4ccc(-c5ccc(-c6c(-c7ccccc7)c(-c7ccccc7)nc(-c7ccccc7)c6-c6ccccc6)cc5)cc4)nc(-c4cc(-c5ccccc5)cc(-c5ccccc5)c4)n3)c2)cc1. The number of hydrogen-bond acceptors (Lipinski definition) is 4. The predicted molar refractivity (Wildman–Crippen MR) is 348 cm³/mol. The highest BCUT2D eigenvalue weighted by Gasteiger charge is 2.26. The zero-order valence-corrected chi connectivity index (χ0v) is 46.0. The molecule has 12 aromatic carbocycles. The van der Waals surface area contributed by atoms with E-state index in [-0.39, 0.29) is 0 Å². The molecule has 0 saturated carbocycles. The Hall–Kier alpha value is -11.2. The van der Waals surface area contributed by atoms with Crippen LogP contribution in [0.1, 0.15) is 0 Å². The summed E-state index contributed by atoms with van der Waals surface area (Å²) in [6.45, 7) is 0. The van der Waals surface area contributed by atoms with Gasteiger partial charge < -0.3 is 0 Å². The number of hydrogen-bond donors (Lipinski definition) is 0. The highest BCUT2D eigenvalue weighted by molar-refractivity contribution is 6.05. The van der Waals surface area contributed by atoms with Crippen LogP contribution in [0.4, 0.5) is 0 Å². The number of nitrogens with zero attached hydrogens (tertiary/aromatic N) is 4. The number of pyridine rings is 1. The van der Waals surface area contributed by atoms with Gasteiger partial charge in [0.05, 0.1) is 11.4 Å². The Morgan fingerprint density at radius 2 is 0.333 bits per heavy atom. The van der Waals surface area contributed by atoms with Gasteiger partial charge in [-0.2, -0.15) is 0 Å². The summed E-state index contributed by atoms with van der Waals surface area (Å²) in [4.78, 5) is 21.8. The molecule has 0 amide bonds. The minimum Gasteiger partial charge on any atom is -0.246 e. The van der Waals surface area contributed by atoms with Gasteiger partial charge >= 0.3 is 0 Å². The van der Waals surface area contributed by atoms with Crippen LogP contribution in [0.2, 0.25) is 0 Å². The molecule has 0 fully saturated rings. The Balaban J connectivity index is 0.913. The first kappa shape index (κ1) is 51.0. The maximum Gasteiger partial charge on any atom is 0.164 e. The van der Waals surface area contributed by atoms with E-state index in [0.717, 1.165) is 128 Å². The van der Waals surface area contributed by atoms with Crippen LogP contribution in [-0.2, 0) is 0 Å². The zero-order chi connectivity index (χ0) is 56.0. The molecule has 4 heteroatoms. The Labute approximate surface area is 490 Å². The second-order valence-electron chi connectivity index (χ2n) is 20.9. The fraction of sp³-hybridized carbons (Fsp3) is 0. The van der Waals surface area contributed by atoms with Gasteiger partial charge in [0.25, 0.3) is 0 Å². The van der Waals surface area contributed by atoms with Gasteiger partial charge in [0.15, 0.2) is 17.5 Å². The molecular formula is C80H54N4. The van der Waals surface area contributed by atoms with E-state index in [1.807, 2.05) is 0 Å². The Bertz CT molecular complexity index is 4200. The number of aromatic nitrogens is 4. The molecule has 0 aliphatic rings. The van der Waals surface area contributed by atoms with Crippen molar-refractivity contribution in [1.29, 1.82) is 0 Å². The van der Waals surface area contributed by atoms with Crippen LogP contribution in [0, 0.1) is 0 Å². The van der Waals surface area contributed by atoms with E-state index in [4.69, 9.17) is 19.9 Å². The molecule has 14 aromatic rings. The van der Waals surface area contributed by atoms with Crippen LogP contribution >= 0.6 is 0 Å². The lowest BCUT2D eigenvalue weighted by Gasteiger charge is -2.23. The minimum absolute atomic E-state index is 0.581. The molecule has 0 spiro atoms. The first-order valence-electron chi connectivity index (χ1n) is 28.4. The number of benzene rings is 12. The van der Waals surface area contributed by atoms with Crippen molar-refractivity contribution in [3.05, 3.63) is 328 Å². The summed E-state index contributed by atoms with van der Waals surface area (Å²) in [5.41, 5.74) is 24.1. The van der Waals surface area contributed by atoms with Crippen molar-refractivity contribution in [3.63, 3.8) is 0 Å². The quantitative estimate of drug-likeness (QED) is 0.115. The van der Waals surface area contributed by atoms with Crippen LogP contribution in [-0.4, -0.2) is 19.9 Å². The summed E-state index contributed by atoms with van der Waals surface area (Å²) in [7, 11) is 0. The van der Waals surface area contributed by atoms with E-state index in [1.165, 1.54) is 0 Å². The van der Waals surface area contributed by atoms with Crippen molar-refractivity contribution in [2.75, 3.05) is 0 Å². The molecule has 14 rings (SSSR count). The molecule has 0 saturated heterocycles. The maximum atomic E-state index is 5.65. The molecule has 0 radical (unpaired) electrons. The van der Waals surface area contributed by atoms with E-state index in [9.17, 15) is 0 Å². The second-order valence-corrected chi connectivity index (χ2v) is 20.9. The molecule has 2 heterocycles. The van der Waals surface area contributed by atoms with Gasteiger partial charge in [-0.25, -0.2) is 19.9 Å². The zero-order valence-electron chi connectivity index (χ0n) is 46.0. The summed E-state index contributed by atoms with van der Waals surface area (Å²) in [5, 5.41) is 0.